The minimum atomic E-state index is 0.330. The van der Waals surface area contributed by atoms with Crippen LogP contribution in [0.3, 0.4) is 0 Å². The fraction of sp³-hybridized carbons (Fsp3) is 0.308. The van der Waals surface area contributed by atoms with Crippen LogP contribution >= 0.6 is 0 Å². The predicted octanol–water partition coefficient (Wildman–Crippen LogP) is 2.47. The van der Waals surface area contributed by atoms with Crippen molar-refractivity contribution >= 4 is 10.9 Å². The molecule has 1 aromatic carbocycles. The van der Waals surface area contributed by atoms with Crippen LogP contribution in [0.2, 0.25) is 0 Å². The van der Waals surface area contributed by atoms with Gasteiger partial charge in [-0.3, -0.25) is 0 Å². The van der Waals surface area contributed by atoms with E-state index < -0.39 is 0 Å². The molecule has 0 saturated carbocycles. The quantitative estimate of drug-likeness (QED) is 0.729. The fourth-order valence-corrected chi connectivity index (χ4v) is 2.58. The third kappa shape index (κ3) is 0.979. The van der Waals surface area contributed by atoms with Gasteiger partial charge in [0.05, 0.1) is 5.52 Å². The maximum Gasteiger partial charge on any atom is 0.231 e. The van der Waals surface area contributed by atoms with Gasteiger partial charge in [-0.15, -0.1) is 0 Å². The average Bonchev–Trinajstić information content (AvgIpc) is 2.92. The number of fused-ring (bicyclic) bond motifs is 5. The molecule has 0 saturated heterocycles. The van der Waals surface area contributed by atoms with Crippen LogP contribution in [-0.2, 0) is 12.8 Å². The summed E-state index contributed by atoms with van der Waals surface area (Å²) in [5, 5.41) is 1.26. The zero-order valence-corrected chi connectivity index (χ0v) is 8.80. The average molecular weight is 213 g/mol. The van der Waals surface area contributed by atoms with E-state index in [1.165, 1.54) is 16.6 Å². The molecule has 80 valence electrons. The number of aromatic amines is 1. The Hall–Kier alpha value is -1.64. The van der Waals surface area contributed by atoms with E-state index in [9.17, 15) is 0 Å². The number of nitrogens with one attached hydrogen (secondary N) is 1. The number of aromatic nitrogens is 1. The van der Waals surface area contributed by atoms with Gasteiger partial charge in [-0.25, -0.2) is 0 Å². The van der Waals surface area contributed by atoms with Crippen LogP contribution in [0.25, 0.3) is 10.9 Å². The molecule has 0 atom stereocenters. The molecule has 0 fully saturated rings. The summed E-state index contributed by atoms with van der Waals surface area (Å²) in [6.07, 6.45) is 6.43. The molecular formula is C13H11NO2. The molecule has 16 heavy (non-hydrogen) atoms. The second-order valence-corrected chi connectivity index (χ2v) is 4.23. The Balaban J connectivity index is 2.06. The Morgan fingerprint density at radius 3 is 3.25 bits per heavy atom. The molecule has 2 heterocycles. The lowest BCUT2D eigenvalue weighted by molar-refractivity contribution is 0.174. The minimum absolute atomic E-state index is 0.330. The first-order valence-corrected chi connectivity index (χ1v) is 5.56. The van der Waals surface area contributed by atoms with E-state index in [0.717, 1.165) is 36.3 Å². The smallest absolute Gasteiger partial charge is 0.231 e. The highest BCUT2D eigenvalue weighted by molar-refractivity contribution is 5.92. The first kappa shape index (κ1) is 8.50. The van der Waals surface area contributed by atoms with Crippen molar-refractivity contribution in [1.82, 2.24) is 4.98 Å². The molecule has 1 aromatic heterocycles. The predicted molar refractivity (Wildman–Crippen MR) is 59.7 cm³/mol. The monoisotopic (exact) mass is 213 g/mol. The number of ether oxygens (including phenoxy) is 2. The van der Waals surface area contributed by atoms with Crippen molar-refractivity contribution in [3.05, 3.63) is 29.8 Å². The fourth-order valence-electron chi connectivity index (χ4n) is 2.58. The Bertz CT molecular complexity index is 571. The second-order valence-electron chi connectivity index (χ2n) is 4.23. The normalized spacial score (nSPS) is 17.8. The number of H-pyrrole nitrogens is 1. The largest absolute Gasteiger partial charge is 0.454 e. The number of rotatable bonds is 0. The Labute approximate surface area is 93.4 Å². The summed E-state index contributed by atoms with van der Waals surface area (Å²) in [6.45, 7) is 0.330. The SMILES string of the molecule is [C]1CCc2[nH]c3c4c(ccc3c2C1)OCO4. The number of aryl methyl sites for hydroxylation is 1. The lowest BCUT2D eigenvalue weighted by atomic mass is 9.96. The minimum Gasteiger partial charge on any atom is -0.454 e. The van der Waals surface area contributed by atoms with E-state index in [1.807, 2.05) is 6.07 Å². The Morgan fingerprint density at radius 2 is 2.25 bits per heavy atom. The van der Waals surface area contributed by atoms with E-state index in [0.29, 0.717) is 6.79 Å². The summed E-state index contributed by atoms with van der Waals surface area (Å²) in [5.41, 5.74) is 3.79. The molecule has 1 aliphatic carbocycles. The summed E-state index contributed by atoms with van der Waals surface area (Å²) >= 11 is 0. The second kappa shape index (κ2) is 2.94. The van der Waals surface area contributed by atoms with E-state index in [2.05, 4.69) is 17.5 Å². The maximum absolute atomic E-state index is 5.52. The summed E-state index contributed by atoms with van der Waals surface area (Å²) in [5.74, 6) is 1.71. The number of hydrogen-bond donors (Lipinski definition) is 1. The first-order valence-electron chi connectivity index (χ1n) is 5.56. The van der Waals surface area contributed by atoms with Gasteiger partial charge in [0, 0.05) is 11.1 Å². The van der Waals surface area contributed by atoms with Gasteiger partial charge in [0.1, 0.15) is 0 Å². The van der Waals surface area contributed by atoms with E-state index in [-0.39, 0.29) is 0 Å². The topological polar surface area (TPSA) is 34.2 Å². The van der Waals surface area contributed by atoms with Crippen LogP contribution in [0.1, 0.15) is 17.7 Å². The highest BCUT2D eigenvalue weighted by Crippen LogP contribution is 2.41. The van der Waals surface area contributed by atoms with Gasteiger partial charge in [0.15, 0.2) is 11.5 Å². The third-order valence-electron chi connectivity index (χ3n) is 3.36. The van der Waals surface area contributed by atoms with Crippen molar-refractivity contribution in [2.24, 2.45) is 0 Å². The molecule has 1 aliphatic heterocycles. The maximum atomic E-state index is 5.52. The molecule has 2 radical (unpaired) electrons. The molecule has 0 amide bonds. The highest BCUT2D eigenvalue weighted by Gasteiger charge is 2.22. The summed E-state index contributed by atoms with van der Waals surface area (Å²) in [4.78, 5) is 3.47. The zero-order valence-electron chi connectivity index (χ0n) is 8.80. The van der Waals surface area contributed by atoms with Crippen LogP contribution in [0.5, 0.6) is 11.5 Å². The third-order valence-corrected chi connectivity index (χ3v) is 3.36. The first-order chi connectivity index (χ1) is 7.93. The van der Waals surface area contributed by atoms with Crippen LogP contribution in [0.4, 0.5) is 0 Å². The van der Waals surface area contributed by atoms with Crippen LogP contribution in [0.15, 0.2) is 12.1 Å². The highest BCUT2D eigenvalue weighted by atomic mass is 16.7. The number of benzene rings is 1. The van der Waals surface area contributed by atoms with Gasteiger partial charge in [0.25, 0.3) is 0 Å². The summed E-state index contributed by atoms with van der Waals surface area (Å²) in [6, 6.07) is 4.11. The van der Waals surface area contributed by atoms with Crippen LogP contribution < -0.4 is 9.47 Å². The van der Waals surface area contributed by atoms with E-state index in [4.69, 9.17) is 9.47 Å². The lowest BCUT2D eigenvalue weighted by Crippen LogP contribution is -2.00. The van der Waals surface area contributed by atoms with E-state index in [1.54, 1.807) is 0 Å². The Kier molecular flexibility index (Phi) is 1.56. The molecule has 3 nitrogen and oxygen atoms in total. The summed E-state index contributed by atoms with van der Waals surface area (Å²) < 4.78 is 10.9. The van der Waals surface area contributed by atoms with E-state index >= 15 is 0 Å². The van der Waals surface area contributed by atoms with Gasteiger partial charge in [-0.1, -0.05) is 0 Å². The number of hydrogen-bond acceptors (Lipinski definition) is 2. The van der Waals surface area contributed by atoms with Crippen LogP contribution in [-0.4, -0.2) is 11.8 Å². The van der Waals surface area contributed by atoms with Gasteiger partial charge >= 0.3 is 0 Å². The van der Waals surface area contributed by atoms with Crippen LogP contribution in [0, 0.1) is 6.42 Å². The molecule has 0 spiro atoms. The van der Waals surface area contributed by atoms with Crippen molar-refractivity contribution in [1.29, 1.82) is 0 Å². The molecule has 4 rings (SSSR count). The van der Waals surface area contributed by atoms with Gasteiger partial charge in [0.2, 0.25) is 6.79 Å². The van der Waals surface area contributed by atoms with Crippen molar-refractivity contribution in [3.8, 4) is 11.5 Å². The molecular weight excluding hydrogens is 202 g/mol. The van der Waals surface area contributed by atoms with Crippen molar-refractivity contribution in [2.45, 2.75) is 19.3 Å². The zero-order chi connectivity index (χ0) is 10.5. The van der Waals surface area contributed by atoms with Crippen molar-refractivity contribution < 1.29 is 9.47 Å². The lowest BCUT2D eigenvalue weighted by Gasteiger charge is -2.09. The van der Waals surface area contributed by atoms with Crippen molar-refractivity contribution in [2.75, 3.05) is 6.79 Å². The van der Waals surface area contributed by atoms with Gasteiger partial charge in [-0.05, 0) is 43.4 Å². The molecule has 2 aromatic rings. The molecule has 0 bridgehead atoms. The molecule has 3 heteroatoms. The van der Waals surface area contributed by atoms with Crippen molar-refractivity contribution in [3.63, 3.8) is 0 Å². The summed E-state index contributed by atoms with van der Waals surface area (Å²) in [7, 11) is 0. The molecule has 2 aliphatic rings. The molecule has 1 N–H and O–H groups in total. The molecule has 0 unspecified atom stereocenters. The Morgan fingerprint density at radius 1 is 1.25 bits per heavy atom. The standard InChI is InChI=1S/C13H11NO2/c1-2-4-10-8(3-1)9-5-6-11-13(12(9)14-10)16-7-15-11/h5-6,14H,2-4,7H2. The van der Waals surface area contributed by atoms with Gasteiger partial charge in [-0.2, -0.15) is 0 Å². The van der Waals surface area contributed by atoms with Gasteiger partial charge < -0.3 is 14.5 Å².